The highest BCUT2D eigenvalue weighted by molar-refractivity contribution is 5.54. The number of nitrogens with zero attached hydrogens (tertiary/aromatic N) is 1. The Bertz CT molecular complexity index is 1000. The zero-order chi connectivity index (χ0) is 27.5. The molecule has 0 aromatic heterocycles. The minimum absolute atomic E-state index is 0.0434. The molecule has 0 spiro atoms. The highest BCUT2D eigenvalue weighted by Gasteiger charge is 2.47. The van der Waals surface area contributed by atoms with Gasteiger partial charge in [-0.1, -0.05) is 52.5 Å². The van der Waals surface area contributed by atoms with Crippen molar-refractivity contribution in [1.82, 2.24) is 4.90 Å². The van der Waals surface area contributed by atoms with E-state index in [1.165, 1.54) is 25.7 Å². The topological polar surface area (TPSA) is 79.2 Å². The number of phenols is 1. The summed E-state index contributed by atoms with van der Waals surface area (Å²) in [5.41, 5.74) is 2.65. The number of carbonyl (C=O) groups is 1. The molecule has 4 rings (SSSR count). The number of phenolic OH excluding ortho intramolecular Hbond substituents is 1. The van der Waals surface area contributed by atoms with Crippen LogP contribution in [-0.4, -0.2) is 59.0 Å². The molecule has 4 atom stereocenters. The molecular formula is C32H49NO5. The Kier molecular flexibility index (Phi) is 9.14. The molecule has 1 fully saturated rings. The number of benzene rings is 1. The Balaban J connectivity index is 1.52. The number of rotatable bonds is 11. The van der Waals surface area contributed by atoms with Gasteiger partial charge in [0, 0.05) is 30.5 Å². The van der Waals surface area contributed by atoms with E-state index in [1.54, 1.807) is 0 Å². The first-order chi connectivity index (χ1) is 18.1. The number of hydrogen-bond acceptors (Lipinski definition) is 6. The van der Waals surface area contributed by atoms with Crippen LogP contribution in [0.5, 0.6) is 11.5 Å². The standard InChI is InChI=1S/C32H49NO5/c1-6-7-8-9-14-31(2,3)23-17-27(35)30-25-16-22(12-13-26(25)32(4,5)38-29(30)18-23)28(36)20-33-15-10-11-24(19-33)37-21-34/h12,17-18,21,24-26,28,35-36H,6-11,13-16,19-20H2,1-5H3/t24-,25-,26-,28?/m1/s1. The maximum absolute atomic E-state index is 11.4. The van der Waals surface area contributed by atoms with Crippen LogP contribution in [0.1, 0.15) is 109 Å². The van der Waals surface area contributed by atoms with Crippen molar-refractivity contribution < 1.29 is 24.5 Å². The molecular weight excluding hydrogens is 478 g/mol. The van der Waals surface area contributed by atoms with Gasteiger partial charge in [-0.05, 0) is 81.2 Å². The quantitative estimate of drug-likeness (QED) is 0.202. The fraction of sp³-hybridized carbons (Fsp3) is 0.719. The summed E-state index contributed by atoms with van der Waals surface area (Å²) in [7, 11) is 0. The molecule has 0 radical (unpaired) electrons. The Morgan fingerprint density at radius 1 is 1.26 bits per heavy atom. The average molecular weight is 528 g/mol. The predicted octanol–water partition coefficient (Wildman–Crippen LogP) is 6.23. The largest absolute Gasteiger partial charge is 0.508 e. The van der Waals surface area contributed by atoms with Gasteiger partial charge in [-0.15, -0.1) is 0 Å². The van der Waals surface area contributed by atoms with Gasteiger partial charge in [-0.3, -0.25) is 9.69 Å². The van der Waals surface area contributed by atoms with Crippen LogP contribution in [0.2, 0.25) is 0 Å². The molecule has 2 aliphatic heterocycles. The van der Waals surface area contributed by atoms with E-state index in [9.17, 15) is 15.0 Å². The number of piperidine rings is 1. The van der Waals surface area contributed by atoms with Crippen LogP contribution < -0.4 is 4.74 Å². The fourth-order valence-corrected chi connectivity index (χ4v) is 6.95. The van der Waals surface area contributed by atoms with Crippen molar-refractivity contribution in [3.8, 4) is 11.5 Å². The summed E-state index contributed by atoms with van der Waals surface area (Å²) >= 11 is 0. The molecule has 38 heavy (non-hydrogen) atoms. The van der Waals surface area contributed by atoms with Crippen LogP contribution in [0.15, 0.2) is 23.8 Å². The molecule has 0 saturated carbocycles. The number of hydrogen-bond donors (Lipinski definition) is 2. The first-order valence-electron chi connectivity index (χ1n) is 14.8. The molecule has 3 aliphatic rings. The number of fused-ring (bicyclic) bond motifs is 3. The third-order valence-electron chi connectivity index (χ3n) is 9.34. The van der Waals surface area contributed by atoms with Gasteiger partial charge in [0.25, 0.3) is 6.47 Å². The van der Waals surface area contributed by atoms with Crippen molar-refractivity contribution in [2.24, 2.45) is 5.92 Å². The van der Waals surface area contributed by atoms with E-state index in [0.717, 1.165) is 54.7 Å². The SMILES string of the molecule is CCCCCCC(C)(C)c1cc(O)c2c(c1)OC(C)(C)[C@@H]1CC=C(C(O)CN3CCC[C@@H](OC=O)C3)C[C@@H]21. The Morgan fingerprint density at radius 3 is 2.79 bits per heavy atom. The molecule has 212 valence electrons. The number of aromatic hydroxyl groups is 1. The predicted molar refractivity (Wildman–Crippen MR) is 151 cm³/mol. The normalized spacial score (nSPS) is 25.9. The Morgan fingerprint density at radius 2 is 2.05 bits per heavy atom. The number of carbonyl (C=O) groups excluding carboxylic acids is 1. The molecule has 1 saturated heterocycles. The van der Waals surface area contributed by atoms with E-state index in [4.69, 9.17) is 9.47 Å². The highest BCUT2D eigenvalue weighted by Crippen LogP contribution is 2.55. The molecule has 2 N–H and O–H groups in total. The summed E-state index contributed by atoms with van der Waals surface area (Å²) in [6.45, 7) is 13.7. The fourth-order valence-electron chi connectivity index (χ4n) is 6.95. The lowest BCUT2D eigenvalue weighted by Crippen LogP contribution is -2.47. The van der Waals surface area contributed by atoms with Gasteiger partial charge in [0.1, 0.15) is 23.2 Å². The monoisotopic (exact) mass is 527 g/mol. The maximum Gasteiger partial charge on any atom is 0.293 e. The smallest absolute Gasteiger partial charge is 0.293 e. The first kappa shape index (κ1) is 28.9. The number of allylic oxidation sites excluding steroid dienone is 1. The van der Waals surface area contributed by atoms with Crippen molar-refractivity contribution in [2.45, 2.75) is 122 Å². The summed E-state index contributed by atoms with van der Waals surface area (Å²) in [4.78, 5) is 13.0. The van der Waals surface area contributed by atoms with Crippen LogP contribution in [0.25, 0.3) is 0 Å². The number of aliphatic hydroxyl groups is 1. The summed E-state index contributed by atoms with van der Waals surface area (Å²) in [5.74, 6) is 1.45. The zero-order valence-corrected chi connectivity index (χ0v) is 24.2. The third-order valence-corrected chi connectivity index (χ3v) is 9.34. The minimum Gasteiger partial charge on any atom is -0.508 e. The van der Waals surface area contributed by atoms with Gasteiger partial charge in [0.15, 0.2) is 0 Å². The second-order valence-electron chi connectivity index (χ2n) is 13.0. The summed E-state index contributed by atoms with van der Waals surface area (Å²) < 4.78 is 11.8. The van der Waals surface area contributed by atoms with Gasteiger partial charge in [-0.25, -0.2) is 0 Å². The number of likely N-dealkylation sites (tertiary alicyclic amines) is 1. The second-order valence-corrected chi connectivity index (χ2v) is 13.0. The first-order valence-corrected chi connectivity index (χ1v) is 14.8. The molecule has 0 amide bonds. The van der Waals surface area contributed by atoms with Gasteiger partial charge < -0.3 is 19.7 Å². The van der Waals surface area contributed by atoms with Gasteiger partial charge in [0.05, 0.1) is 6.10 Å². The van der Waals surface area contributed by atoms with Crippen molar-refractivity contribution in [2.75, 3.05) is 19.6 Å². The van der Waals surface area contributed by atoms with E-state index in [1.807, 2.05) is 6.07 Å². The Hall–Kier alpha value is -2.05. The lowest BCUT2D eigenvalue weighted by Gasteiger charge is -2.48. The highest BCUT2D eigenvalue weighted by atomic mass is 16.5. The molecule has 1 aliphatic carbocycles. The maximum atomic E-state index is 11.4. The number of ether oxygens (including phenoxy) is 2. The van der Waals surface area contributed by atoms with E-state index in [-0.39, 0.29) is 29.0 Å². The number of unbranched alkanes of at least 4 members (excludes halogenated alkanes) is 3. The molecule has 0 bridgehead atoms. The molecule has 2 heterocycles. The van der Waals surface area contributed by atoms with Crippen molar-refractivity contribution in [1.29, 1.82) is 0 Å². The van der Waals surface area contributed by atoms with Crippen molar-refractivity contribution in [3.63, 3.8) is 0 Å². The van der Waals surface area contributed by atoms with E-state index in [0.29, 0.717) is 31.7 Å². The summed E-state index contributed by atoms with van der Waals surface area (Å²) in [5, 5.41) is 22.6. The molecule has 6 heteroatoms. The third kappa shape index (κ3) is 6.39. The number of β-amino-alcohol motifs (C(OH)–C–C–N with tert-alkyl or cyclic N) is 1. The van der Waals surface area contributed by atoms with Crippen molar-refractivity contribution in [3.05, 3.63) is 34.9 Å². The molecule has 1 aromatic rings. The number of aliphatic hydroxyl groups excluding tert-OH is 1. The lowest BCUT2D eigenvalue weighted by atomic mass is 9.66. The average Bonchev–Trinajstić information content (AvgIpc) is 2.86. The molecule has 1 unspecified atom stereocenters. The summed E-state index contributed by atoms with van der Waals surface area (Å²) in [6, 6.07) is 4.13. The summed E-state index contributed by atoms with van der Waals surface area (Å²) in [6.07, 6.45) is 10.9. The Labute approximate surface area is 229 Å². The second kappa shape index (κ2) is 12.0. The van der Waals surface area contributed by atoms with E-state index >= 15 is 0 Å². The molecule has 1 aromatic carbocycles. The van der Waals surface area contributed by atoms with E-state index in [2.05, 4.69) is 51.7 Å². The lowest BCUT2D eigenvalue weighted by molar-refractivity contribution is -0.136. The van der Waals surface area contributed by atoms with Gasteiger partial charge >= 0.3 is 0 Å². The van der Waals surface area contributed by atoms with Crippen LogP contribution in [0, 0.1) is 5.92 Å². The van der Waals surface area contributed by atoms with Crippen LogP contribution >= 0.6 is 0 Å². The van der Waals surface area contributed by atoms with Crippen LogP contribution in [-0.2, 0) is 14.9 Å². The van der Waals surface area contributed by atoms with Gasteiger partial charge in [0.2, 0.25) is 0 Å². The van der Waals surface area contributed by atoms with Crippen LogP contribution in [0.3, 0.4) is 0 Å². The minimum atomic E-state index is -0.580. The van der Waals surface area contributed by atoms with E-state index < -0.39 is 6.10 Å². The van der Waals surface area contributed by atoms with Crippen molar-refractivity contribution >= 4 is 6.47 Å². The van der Waals surface area contributed by atoms with Crippen LogP contribution in [0.4, 0.5) is 0 Å². The molecule has 6 nitrogen and oxygen atoms in total. The van der Waals surface area contributed by atoms with Gasteiger partial charge in [-0.2, -0.15) is 0 Å². The zero-order valence-electron chi connectivity index (χ0n) is 24.2.